The van der Waals surface area contributed by atoms with Crippen LogP contribution >= 0.6 is 23.1 Å². The van der Waals surface area contributed by atoms with Gasteiger partial charge in [-0.25, -0.2) is 9.78 Å². The molecule has 0 unspecified atom stereocenters. The van der Waals surface area contributed by atoms with Gasteiger partial charge in [-0.1, -0.05) is 6.92 Å². The van der Waals surface area contributed by atoms with Gasteiger partial charge in [0.2, 0.25) is 11.9 Å². The van der Waals surface area contributed by atoms with Gasteiger partial charge in [0, 0.05) is 113 Å². The van der Waals surface area contributed by atoms with Gasteiger partial charge in [-0.05, 0) is 128 Å². The number of piperidine rings is 2. The molecule has 16 nitrogen and oxygen atoms in total. The Bertz CT molecular complexity index is 2630. The van der Waals surface area contributed by atoms with Gasteiger partial charge < -0.3 is 34.6 Å². The summed E-state index contributed by atoms with van der Waals surface area (Å²) in [6.07, 6.45) is 12.1. The van der Waals surface area contributed by atoms with E-state index < -0.39 is 7.14 Å². The molecule has 4 aliphatic heterocycles. The van der Waals surface area contributed by atoms with Crippen LogP contribution in [0.4, 0.5) is 45.0 Å². The van der Waals surface area contributed by atoms with E-state index in [2.05, 4.69) is 97.6 Å². The number of fused-ring (bicyclic) bond motifs is 1. The first-order valence-corrected chi connectivity index (χ1v) is 27.1. The van der Waals surface area contributed by atoms with Crippen molar-refractivity contribution >= 4 is 91.6 Å². The second-order valence-corrected chi connectivity index (χ2v) is 22.5. The number of carbonyl (C=O) groups excluding carboxylic acids is 2. The van der Waals surface area contributed by atoms with Crippen LogP contribution in [0.2, 0.25) is 0 Å². The number of hydrogen-bond donors (Lipinski definition) is 3. The molecular formula is C49H62BrN12O4P. The molecule has 5 aromatic rings. The van der Waals surface area contributed by atoms with E-state index in [4.69, 9.17) is 9.72 Å². The molecule has 4 saturated heterocycles. The van der Waals surface area contributed by atoms with E-state index in [9.17, 15) is 14.2 Å². The van der Waals surface area contributed by atoms with Crippen molar-refractivity contribution in [2.24, 2.45) is 5.92 Å². The van der Waals surface area contributed by atoms with Gasteiger partial charge in [0.1, 0.15) is 24.2 Å². The lowest BCUT2D eigenvalue weighted by Gasteiger charge is -2.44. The van der Waals surface area contributed by atoms with Crippen molar-refractivity contribution in [2.45, 2.75) is 57.9 Å². The number of imide groups is 1. The number of aromatic nitrogens is 4. The molecule has 9 rings (SSSR count). The Labute approximate surface area is 401 Å². The fraction of sp³-hybridized carbons (Fsp3) is 0.469. The third-order valence-corrected chi connectivity index (χ3v) is 16.1. The first kappa shape index (κ1) is 46.7. The number of nitrogens with one attached hydrogen (secondary N) is 3. The Morgan fingerprint density at radius 2 is 1.54 bits per heavy atom. The van der Waals surface area contributed by atoms with Gasteiger partial charge in [-0.15, -0.1) is 0 Å². The summed E-state index contributed by atoms with van der Waals surface area (Å²) in [6.45, 7) is 15.9. The lowest BCUT2D eigenvalue weighted by Crippen LogP contribution is -2.53. The fourth-order valence-corrected chi connectivity index (χ4v) is 11.9. The molecule has 0 radical (unpaired) electrons. The summed E-state index contributed by atoms with van der Waals surface area (Å²) in [5.41, 5.74) is 7.21. The van der Waals surface area contributed by atoms with Crippen LogP contribution in [0, 0.1) is 5.92 Å². The smallest absolute Gasteiger partial charge is 0.328 e. The second kappa shape index (κ2) is 20.5. The summed E-state index contributed by atoms with van der Waals surface area (Å²) in [6, 6.07) is 16.5. The summed E-state index contributed by atoms with van der Waals surface area (Å²) in [5, 5.41) is 9.85. The highest BCUT2D eigenvalue weighted by Crippen LogP contribution is 2.42. The zero-order valence-electron chi connectivity index (χ0n) is 39.0. The fourth-order valence-electron chi connectivity index (χ4n) is 10.2. The van der Waals surface area contributed by atoms with E-state index in [0.717, 1.165) is 94.7 Å². The van der Waals surface area contributed by atoms with Crippen LogP contribution in [0.3, 0.4) is 0 Å². The third kappa shape index (κ3) is 10.7. The van der Waals surface area contributed by atoms with Gasteiger partial charge in [0.05, 0.1) is 33.8 Å². The molecule has 6 heterocycles. The Morgan fingerprint density at radius 3 is 2.24 bits per heavy atom. The Balaban J connectivity index is 0.746. The van der Waals surface area contributed by atoms with Crippen LogP contribution in [-0.4, -0.2) is 134 Å². The van der Waals surface area contributed by atoms with Gasteiger partial charge in [-0.3, -0.25) is 29.9 Å². The van der Waals surface area contributed by atoms with Gasteiger partial charge in [0.25, 0.3) is 0 Å². The number of benzene rings is 3. The quantitative estimate of drug-likeness (QED) is 0.0923. The number of carbonyl (C=O) groups is 2. The lowest BCUT2D eigenvalue weighted by molar-refractivity contribution is -0.120. The minimum atomic E-state index is -2.77. The van der Waals surface area contributed by atoms with Crippen molar-refractivity contribution in [3.63, 3.8) is 0 Å². The largest absolute Gasteiger partial charge is 0.494 e. The molecule has 18 heteroatoms. The molecule has 354 valence electrons. The number of ether oxygens (including phenoxy) is 1. The molecule has 3 amide bonds. The zero-order chi connectivity index (χ0) is 46.7. The van der Waals surface area contributed by atoms with Gasteiger partial charge >= 0.3 is 6.03 Å². The molecule has 4 fully saturated rings. The first-order valence-electron chi connectivity index (χ1n) is 23.7. The zero-order valence-corrected chi connectivity index (χ0v) is 41.5. The summed E-state index contributed by atoms with van der Waals surface area (Å²) in [4.78, 5) is 54.2. The van der Waals surface area contributed by atoms with Crippen LogP contribution in [-0.2, 0) is 15.8 Å². The summed E-state index contributed by atoms with van der Waals surface area (Å²) in [7, 11) is -1.07. The van der Waals surface area contributed by atoms with E-state index >= 15 is 0 Å². The maximum absolute atomic E-state index is 13.5. The molecule has 67 heavy (non-hydrogen) atoms. The number of amides is 3. The predicted molar refractivity (Wildman–Crippen MR) is 272 cm³/mol. The van der Waals surface area contributed by atoms with Crippen molar-refractivity contribution in [3.05, 3.63) is 77.2 Å². The van der Waals surface area contributed by atoms with E-state index in [1.165, 1.54) is 42.7 Å². The number of urea groups is 1. The molecule has 0 spiro atoms. The average molecular weight is 994 g/mol. The number of methoxy groups -OCH3 is 1. The Kier molecular flexibility index (Phi) is 14.3. The molecular weight excluding hydrogens is 931 g/mol. The minimum Gasteiger partial charge on any atom is -0.494 e. The Morgan fingerprint density at radius 1 is 0.821 bits per heavy atom. The maximum atomic E-state index is 13.5. The lowest BCUT2D eigenvalue weighted by atomic mass is 9.93. The number of anilines is 7. The summed E-state index contributed by atoms with van der Waals surface area (Å²) >= 11 is 3.61. The first-order chi connectivity index (χ1) is 32.4. The highest BCUT2D eigenvalue weighted by Gasteiger charge is 2.30. The topological polar surface area (TPSA) is 164 Å². The van der Waals surface area contributed by atoms with Crippen LogP contribution in [0.25, 0.3) is 11.0 Å². The minimum absolute atomic E-state index is 0.212. The van der Waals surface area contributed by atoms with E-state index in [1.54, 1.807) is 43.9 Å². The number of nitrogens with zero attached hydrogens (tertiary/aromatic N) is 9. The van der Waals surface area contributed by atoms with Gasteiger partial charge in [-0.2, -0.15) is 4.98 Å². The maximum Gasteiger partial charge on any atom is 0.328 e. The summed E-state index contributed by atoms with van der Waals surface area (Å²) in [5.74, 6) is 2.18. The van der Waals surface area contributed by atoms with Crippen LogP contribution in [0.5, 0.6) is 5.75 Å². The van der Waals surface area contributed by atoms with Crippen molar-refractivity contribution in [1.82, 2.24) is 35.1 Å². The van der Waals surface area contributed by atoms with Crippen LogP contribution < -0.4 is 40.7 Å². The number of rotatable bonds is 14. The van der Waals surface area contributed by atoms with Crippen molar-refractivity contribution < 1.29 is 18.9 Å². The van der Waals surface area contributed by atoms with Gasteiger partial charge in [0.15, 0.2) is 0 Å². The van der Waals surface area contributed by atoms with Crippen molar-refractivity contribution in [2.75, 3.05) is 111 Å². The van der Waals surface area contributed by atoms with E-state index in [1.807, 2.05) is 24.3 Å². The molecule has 0 saturated carbocycles. The van der Waals surface area contributed by atoms with Crippen molar-refractivity contribution in [3.8, 4) is 5.75 Å². The molecule has 0 atom stereocenters. The molecule has 0 aliphatic carbocycles. The molecule has 0 bridgehead atoms. The Hall–Kier alpha value is -5.35. The normalized spacial score (nSPS) is 18.4. The van der Waals surface area contributed by atoms with E-state index in [0.29, 0.717) is 57.3 Å². The highest BCUT2D eigenvalue weighted by molar-refractivity contribution is 9.10. The SMILES string of the molecule is CCc1cc(Nc2ncc(Br)c(Nc3ccc4nccnc4c3P(C)(C)=O)n2)c(OC)cc1N1CCC(N2CCN(CCC3CCN(c4ccc(N5CCC(=O)NC5=O)cc4)CC3)CC2)CC1. The second-order valence-electron chi connectivity index (χ2n) is 18.5. The number of piperazine rings is 1. The van der Waals surface area contributed by atoms with Crippen LogP contribution in [0.15, 0.2) is 71.6 Å². The predicted octanol–water partition coefficient (Wildman–Crippen LogP) is 7.83. The number of hydrogen-bond acceptors (Lipinski definition) is 14. The molecule has 4 aliphatic rings. The molecule has 3 N–H and O–H groups in total. The number of aryl methyl sites for hydroxylation is 1. The van der Waals surface area contributed by atoms with E-state index in [-0.39, 0.29) is 11.9 Å². The molecule has 2 aromatic heterocycles. The average Bonchev–Trinajstić information content (AvgIpc) is 3.34. The molecule has 3 aromatic carbocycles. The number of halogens is 1. The third-order valence-electron chi connectivity index (χ3n) is 14.0. The summed E-state index contributed by atoms with van der Waals surface area (Å²) < 4.78 is 20.2. The van der Waals surface area contributed by atoms with Crippen molar-refractivity contribution in [1.29, 1.82) is 0 Å². The van der Waals surface area contributed by atoms with Crippen LogP contribution in [0.1, 0.15) is 51.0 Å². The monoisotopic (exact) mass is 992 g/mol. The highest BCUT2D eigenvalue weighted by atomic mass is 79.9. The standard InChI is InChI=1S/C49H62BrN12O4P/c1-5-34-30-41(55-48-53-32-38(50)47(57-48)54-40-11-10-39-45(52-19-18-51-39)46(40)67(3,4)65)43(66-2)31-42(34)61-23-15-36(16-24-61)60-28-26-58(27-29-60)20-12-33-13-21-59(22-14-33)35-6-8-37(9-7-35)62-25-17-44(63)56-49(62)64/h6-11,18-19,30-33,36H,5,12-17,20-29H2,1-4H3,(H,56,63,64)(H2,53,54,55,57).